The highest BCUT2D eigenvalue weighted by Crippen LogP contribution is 2.35. The molecule has 1 amide bonds. The molecule has 0 spiro atoms. The van der Waals surface area contributed by atoms with Crippen molar-refractivity contribution in [2.45, 2.75) is 45.6 Å². The van der Waals surface area contributed by atoms with Crippen LogP contribution in [0.5, 0.6) is 0 Å². The predicted molar refractivity (Wildman–Crippen MR) is 147 cm³/mol. The van der Waals surface area contributed by atoms with E-state index < -0.39 is 0 Å². The number of thioether (sulfide) groups is 1. The fourth-order valence-electron chi connectivity index (χ4n) is 5.04. The third-order valence-corrected chi connectivity index (χ3v) is 8.42. The number of hydrogen-bond acceptors (Lipinski definition) is 9. The lowest BCUT2D eigenvalue weighted by molar-refractivity contribution is -0.148. The summed E-state index contributed by atoms with van der Waals surface area (Å²) in [5.74, 6) is -0.0473. The molecular formula is C26H30N4O5S2. The van der Waals surface area contributed by atoms with Crippen molar-refractivity contribution >= 4 is 57.7 Å². The molecule has 0 aliphatic carbocycles. The molecule has 0 saturated carbocycles. The van der Waals surface area contributed by atoms with Gasteiger partial charge in [-0.3, -0.25) is 23.7 Å². The molecule has 2 aromatic heterocycles. The monoisotopic (exact) mass is 542 g/mol. The van der Waals surface area contributed by atoms with E-state index in [2.05, 4.69) is 0 Å². The Kier molecular flexibility index (Phi) is 7.64. The number of ether oxygens (including phenoxy) is 2. The quantitative estimate of drug-likeness (QED) is 0.310. The zero-order valence-corrected chi connectivity index (χ0v) is 22.6. The first kappa shape index (κ1) is 25.9. The fourth-order valence-corrected chi connectivity index (χ4v) is 6.29. The minimum atomic E-state index is -0.249. The van der Waals surface area contributed by atoms with E-state index in [1.807, 2.05) is 17.9 Å². The van der Waals surface area contributed by atoms with Crippen molar-refractivity contribution in [3.63, 3.8) is 0 Å². The maximum atomic E-state index is 13.7. The van der Waals surface area contributed by atoms with Gasteiger partial charge in [0.15, 0.2) is 0 Å². The summed E-state index contributed by atoms with van der Waals surface area (Å²) in [6.07, 6.45) is 6.39. The van der Waals surface area contributed by atoms with Gasteiger partial charge in [0.05, 0.1) is 35.6 Å². The van der Waals surface area contributed by atoms with E-state index in [4.69, 9.17) is 26.7 Å². The summed E-state index contributed by atoms with van der Waals surface area (Å²) in [5, 5.41) is 0. The molecule has 3 fully saturated rings. The number of amides is 1. The average Bonchev–Trinajstić information content (AvgIpc) is 3.50. The predicted octanol–water partition coefficient (Wildman–Crippen LogP) is 3.16. The molecule has 0 radical (unpaired) electrons. The number of carbonyl (C=O) groups excluding carboxylic acids is 2. The Labute approximate surface area is 224 Å². The summed E-state index contributed by atoms with van der Waals surface area (Å²) in [5.41, 5.74) is 1.53. The number of esters is 1. The molecule has 196 valence electrons. The van der Waals surface area contributed by atoms with Gasteiger partial charge < -0.3 is 14.4 Å². The zero-order chi connectivity index (χ0) is 26.1. The van der Waals surface area contributed by atoms with Gasteiger partial charge in [-0.2, -0.15) is 0 Å². The summed E-state index contributed by atoms with van der Waals surface area (Å²) < 4.78 is 12.9. The van der Waals surface area contributed by atoms with Crippen LogP contribution in [0.25, 0.3) is 11.7 Å². The maximum Gasteiger partial charge on any atom is 0.309 e. The molecule has 0 N–H and O–H groups in total. The Morgan fingerprint density at radius 2 is 2.08 bits per heavy atom. The molecular weight excluding hydrogens is 512 g/mol. The van der Waals surface area contributed by atoms with Gasteiger partial charge in [-0.15, -0.1) is 0 Å². The van der Waals surface area contributed by atoms with Crippen LogP contribution in [0.2, 0.25) is 0 Å². The van der Waals surface area contributed by atoms with Gasteiger partial charge in [0.25, 0.3) is 11.5 Å². The number of fused-ring (bicyclic) bond motifs is 1. The number of nitrogens with zero attached hydrogens (tertiary/aromatic N) is 4. The van der Waals surface area contributed by atoms with Gasteiger partial charge in [-0.1, -0.05) is 30.0 Å². The van der Waals surface area contributed by atoms with Crippen LogP contribution in [0.15, 0.2) is 28.0 Å². The third-order valence-electron chi connectivity index (χ3n) is 7.04. The summed E-state index contributed by atoms with van der Waals surface area (Å²) in [6, 6.07) is 3.72. The molecule has 1 atom stereocenters. The van der Waals surface area contributed by atoms with Gasteiger partial charge in [-0.25, -0.2) is 4.98 Å². The second-order valence-electron chi connectivity index (χ2n) is 9.48. The molecule has 9 nitrogen and oxygen atoms in total. The van der Waals surface area contributed by atoms with Crippen LogP contribution >= 0.6 is 24.0 Å². The van der Waals surface area contributed by atoms with E-state index in [1.54, 1.807) is 30.2 Å². The van der Waals surface area contributed by atoms with Crippen molar-refractivity contribution in [3.05, 3.63) is 44.7 Å². The van der Waals surface area contributed by atoms with Crippen LogP contribution in [0.4, 0.5) is 5.82 Å². The van der Waals surface area contributed by atoms with Crippen molar-refractivity contribution in [1.82, 2.24) is 14.3 Å². The average molecular weight is 543 g/mol. The van der Waals surface area contributed by atoms with E-state index >= 15 is 0 Å². The SMILES string of the molecule is CCOC(=O)C1CCN(c2nc3c(C)cccn3c(=O)c2C=C2SC(=S)N(CC3CCCO3)C2=O)CC1. The summed E-state index contributed by atoms with van der Waals surface area (Å²) in [6.45, 7) is 6.30. The first-order chi connectivity index (χ1) is 17.9. The summed E-state index contributed by atoms with van der Waals surface area (Å²) in [7, 11) is 0. The van der Waals surface area contributed by atoms with Crippen molar-refractivity contribution in [3.8, 4) is 0 Å². The summed E-state index contributed by atoms with van der Waals surface area (Å²) in [4.78, 5) is 48.2. The Morgan fingerprint density at radius 3 is 2.78 bits per heavy atom. The van der Waals surface area contributed by atoms with Gasteiger partial charge in [0.1, 0.15) is 15.8 Å². The normalized spacial score (nSPS) is 22.0. The van der Waals surface area contributed by atoms with Crippen LogP contribution < -0.4 is 10.5 Å². The molecule has 5 rings (SSSR count). The molecule has 11 heteroatoms. The number of aryl methyl sites for hydroxylation is 1. The van der Waals surface area contributed by atoms with Crippen LogP contribution in [0.1, 0.15) is 43.7 Å². The van der Waals surface area contributed by atoms with Crippen LogP contribution in [0.3, 0.4) is 0 Å². The number of thiocarbonyl (C=S) groups is 1. The van der Waals surface area contributed by atoms with E-state index in [9.17, 15) is 14.4 Å². The lowest BCUT2D eigenvalue weighted by atomic mass is 9.96. The first-order valence-electron chi connectivity index (χ1n) is 12.7. The summed E-state index contributed by atoms with van der Waals surface area (Å²) >= 11 is 6.71. The van der Waals surface area contributed by atoms with Gasteiger partial charge >= 0.3 is 5.97 Å². The molecule has 1 unspecified atom stereocenters. The van der Waals surface area contributed by atoms with Crippen LogP contribution in [0, 0.1) is 12.8 Å². The van der Waals surface area contributed by atoms with E-state index in [-0.39, 0.29) is 29.5 Å². The van der Waals surface area contributed by atoms with E-state index in [0.717, 1.165) is 18.4 Å². The molecule has 37 heavy (non-hydrogen) atoms. The Bertz CT molecular complexity index is 1330. The number of pyridine rings is 1. The Hall–Kier alpha value is -2.76. The van der Waals surface area contributed by atoms with Crippen LogP contribution in [-0.2, 0) is 19.1 Å². The highest BCUT2D eigenvalue weighted by atomic mass is 32.2. The Balaban J connectivity index is 1.50. The Morgan fingerprint density at radius 1 is 1.30 bits per heavy atom. The lowest BCUT2D eigenvalue weighted by Gasteiger charge is -2.32. The van der Waals surface area contributed by atoms with Crippen molar-refractivity contribution in [2.75, 3.05) is 37.7 Å². The van der Waals surface area contributed by atoms with Crippen LogP contribution in [-0.4, -0.2) is 69.4 Å². The van der Waals surface area contributed by atoms with Crippen molar-refractivity contribution in [1.29, 1.82) is 0 Å². The standard InChI is InChI=1S/C26H30N4O5S2/c1-3-34-25(33)17-8-11-28(12-9-17)22-19(23(31)29-10-4-6-16(2)21(29)27-22)14-20-24(32)30(26(36)37-20)15-18-7-5-13-35-18/h4,6,10,14,17-18H,3,5,7-9,11-13,15H2,1-2H3. The largest absolute Gasteiger partial charge is 0.466 e. The second kappa shape index (κ2) is 10.9. The van der Waals surface area contributed by atoms with E-state index in [0.29, 0.717) is 71.9 Å². The minimum Gasteiger partial charge on any atom is -0.466 e. The zero-order valence-electron chi connectivity index (χ0n) is 21.0. The lowest BCUT2D eigenvalue weighted by Crippen LogP contribution is -2.39. The molecule has 0 aromatic carbocycles. The molecule has 5 heterocycles. The molecule has 2 aromatic rings. The molecule has 3 saturated heterocycles. The molecule has 0 bridgehead atoms. The van der Waals surface area contributed by atoms with Gasteiger partial charge in [-0.05, 0) is 57.2 Å². The number of aromatic nitrogens is 2. The van der Waals surface area contributed by atoms with Gasteiger partial charge in [0, 0.05) is 25.9 Å². The molecule has 3 aliphatic heterocycles. The number of carbonyl (C=O) groups is 2. The number of hydrogen-bond donors (Lipinski definition) is 0. The third kappa shape index (κ3) is 5.17. The minimum absolute atomic E-state index is 0.0194. The molecule has 3 aliphatic rings. The maximum absolute atomic E-state index is 13.7. The smallest absolute Gasteiger partial charge is 0.309 e. The second-order valence-corrected chi connectivity index (χ2v) is 11.2. The van der Waals surface area contributed by atoms with Gasteiger partial charge in [0.2, 0.25) is 0 Å². The highest BCUT2D eigenvalue weighted by Gasteiger charge is 2.36. The number of piperidine rings is 1. The van der Waals surface area contributed by atoms with Crippen molar-refractivity contribution < 1.29 is 19.1 Å². The first-order valence-corrected chi connectivity index (χ1v) is 13.9. The fraction of sp³-hybridized carbons (Fsp3) is 0.500. The topological polar surface area (TPSA) is 93.5 Å². The number of rotatable bonds is 6. The highest BCUT2D eigenvalue weighted by molar-refractivity contribution is 8.26. The number of anilines is 1. The van der Waals surface area contributed by atoms with Crippen molar-refractivity contribution in [2.24, 2.45) is 5.92 Å². The van der Waals surface area contributed by atoms with E-state index in [1.165, 1.54) is 16.2 Å².